The lowest BCUT2D eigenvalue weighted by Gasteiger charge is -2.26. The molecule has 0 aromatic heterocycles. The fourth-order valence-electron chi connectivity index (χ4n) is 3.45. The molecule has 0 unspecified atom stereocenters. The summed E-state index contributed by atoms with van der Waals surface area (Å²) in [5, 5.41) is 2.86. The van der Waals surface area contributed by atoms with Crippen molar-refractivity contribution in [2.75, 3.05) is 20.8 Å². The van der Waals surface area contributed by atoms with E-state index in [2.05, 4.69) is 5.32 Å². The maximum Gasteiger partial charge on any atom is 0.315 e. The van der Waals surface area contributed by atoms with Crippen LogP contribution < -0.4 is 19.5 Å². The van der Waals surface area contributed by atoms with Crippen molar-refractivity contribution in [1.29, 1.82) is 0 Å². The van der Waals surface area contributed by atoms with Crippen LogP contribution in [0.5, 0.6) is 17.2 Å². The third-order valence-electron chi connectivity index (χ3n) is 5.11. The summed E-state index contributed by atoms with van der Waals surface area (Å²) in [6.45, 7) is 7.66. The Bertz CT molecular complexity index is 996. The number of benzene rings is 2. The van der Waals surface area contributed by atoms with Crippen LogP contribution in [-0.2, 0) is 16.1 Å². The molecule has 0 bridgehead atoms. The van der Waals surface area contributed by atoms with Crippen LogP contribution in [0.25, 0.3) is 11.1 Å². The number of hydrogen-bond donors (Lipinski definition) is 1. The molecule has 1 heterocycles. The lowest BCUT2D eigenvalue weighted by Crippen LogP contribution is -2.34. The van der Waals surface area contributed by atoms with Crippen molar-refractivity contribution in [3.05, 3.63) is 41.5 Å². The van der Waals surface area contributed by atoms with E-state index in [1.807, 2.05) is 32.0 Å². The van der Waals surface area contributed by atoms with Crippen LogP contribution in [-0.4, -0.2) is 38.8 Å². The van der Waals surface area contributed by atoms with Gasteiger partial charge in [0.2, 0.25) is 5.75 Å². The smallest absolute Gasteiger partial charge is 0.315 e. The third-order valence-corrected chi connectivity index (χ3v) is 5.11. The standard InChI is InChI=1S/C24H29NO6/c1-14(2)31-23(27)24(3,4)13-30-20-16(10-11-19(28-5)21(20)29-6)15-8-7-9-17-18(15)12-25-22(17)26/h7-11,14H,12-13H2,1-6H3,(H,25,26). The van der Waals surface area contributed by atoms with Gasteiger partial charge >= 0.3 is 5.97 Å². The molecule has 0 fully saturated rings. The second kappa shape index (κ2) is 8.88. The molecule has 31 heavy (non-hydrogen) atoms. The van der Waals surface area contributed by atoms with Crippen LogP contribution in [0.3, 0.4) is 0 Å². The van der Waals surface area contributed by atoms with Crippen molar-refractivity contribution in [2.45, 2.75) is 40.3 Å². The molecule has 7 heteroatoms. The van der Waals surface area contributed by atoms with E-state index in [4.69, 9.17) is 18.9 Å². The van der Waals surface area contributed by atoms with Crippen LogP contribution in [0, 0.1) is 5.41 Å². The lowest BCUT2D eigenvalue weighted by atomic mass is 9.94. The van der Waals surface area contributed by atoms with Crippen molar-refractivity contribution in [3.8, 4) is 28.4 Å². The van der Waals surface area contributed by atoms with Crippen molar-refractivity contribution in [2.24, 2.45) is 5.41 Å². The molecule has 1 amide bonds. The highest BCUT2D eigenvalue weighted by atomic mass is 16.6. The Labute approximate surface area is 182 Å². The molecule has 1 N–H and O–H groups in total. The number of methoxy groups -OCH3 is 2. The molecule has 0 saturated heterocycles. The predicted octanol–water partition coefficient (Wildman–Crippen LogP) is 3.97. The number of carbonyl (C=O) groups is 2. The highest BCUT2D eigenvalue weighted by Gasteiger charge is 2.33. The van der Waals surface area contributed by atoms with Crippen LogP contribution >= 0.6 is 0 Å². The van der Waals surface area contributed by atoms with Crippen LogP contribution in [0.15, 0.2) is 30.3 Å². The fourth-order valence-corrected chi connectivity index (χ4v) is 3.45. The molecular weight excluding hydrogens is 398 g/mol. The number of esters is 1. The Kier molecular flexibility index (Phi) is 6.43. The van der Waals surface area contributed by atoms with E-state index in [1.165, 1.54) is 7.11 Å². The highest BCUT2D eigenvalue weighted by molar-refractivity contribution is 6.01. The number of carbonyl (C=O) groups excluding carboxylic acids is 2. The van der Waals surface area contributed by atoms with Gasteiger partial charge in [0.05, 0.1) is 25.7 Å². The number of fused-ring (bicyclic) bond motifs is 1. The normalized spacial score (nSPS) is 12.9. The summed E-state index contributed by atoms with van der Waals surface area (Å²) >= 11 is 0. The van der Waals surface area contributed by atoms with E-state index in [-0.39, 0.29) is 24.6 Å². The molecular formula is C24H29NO6. The minimum absolute atomic E-state index is 0.0707. The maximum atomic E-state index is 12.5. The maximum absolute atomic E-state index is 12.5. The van der Waals surface area contributed by atoms with Gasteiger partial charge in [-0.05, 0) is 57.0 Å². The molecule has 1 aliphatic rings. The highest BCUT2D eigenvalue weighted by Crippen LogP contribution is 2.46. The Hall–Kier alpha value is -3.22. The topological polar surface area (TPSA) is 83.1 Å². The summed E-state index contributed by atoms with van der Waals surface area (Å²) in [6.07, 6.45) is -0.217. The molecule has 1 aliphatic heterocycles. The van der Waals surface area contributed by atoms with Crippen molar-refractivity contribution >= 4 is 11.9 Å². The molecule has 0 spiro atoms. The van der Waals surface area contributed by atoms with E-state index in [9.17, 15) is 9.59 Å². The summed E-state index contributed by atoms with van der Waals surface area (Å²) in [4.78, 5) is 24.7. The fraction of sp³-hybridized carbons (Fsp3) is 0.417. The van der Waals surface area contributed by atoms with Gasteiger partial charge in [-0.15, -0.1) is 0 Å². The van der Waals surface area contributed by atoms with Crippen molar-refractivity contribution < 1.29 is 28.5 Å². The molecule has 0 aliphatic carbocycles. The molecule has 0 saturated carbocycles. The Morgan fingerprint density at radius 1 is 1.03 bits per heavy atom. The van der Waals surface area contributed by atoms with Gasteiger partial charge in [0.1, 0.15) is 6.61 Å². The zero-order valence-corrected chi connectivity index (χ0v) is 18.8. The van der Waals surface area contributed by atoms with Gasteiger partial charge in [0.15, 0.2) is 11.5 Å². The first-order valence-electron chi connectivity index (χ1n) is 10.2. The number of amides is 1. The molecule has 0 radical (unpaired) electrons. The Morgan fingerprint density at radius 2 is 1.74 bits per heavy atom. The second-order valence-electron chi connectivity index (χ2n) is 8.32. The third kappa shape index (κ3) is 4.45. The second-order valence-corrected chi connectivity index (χ2v) is 8.32. The first-order chi connectivity index (χ1) is 14.7. The van der Waals surface area contributed by atoms with Gasteiger partial charge < -0.3 is 24.3 Å². The largest absolute Gasteiger partial charge is 0.493 e. The van der Waals surface area contributed by atoms with E-state index < -0.39 is 5.41 Å². The van der Waals surface area contributed by atoms with Gasteiger partial charge in [-0.2, -0.15) is 0 Å². The zero-order valence-electron chi connectivity index (χ0n) is 18.8. The monoisotopic (exact) mass is 427 g/mol. The van der Waals surface area contributed by atoms with Crippen molar-refractivity contribution in [3.63, 3.8) is 0 Å². The quantitative estimate of drug-likeness (QED) is 0.642. The minimum atomic E-state index is -0.883. The average molecular weight is 427 g/mol. The van der Waals surface area contributed by atoms with Crippen LogP contribution in [0.4, 0.5) is 0 Å². The molecule has 3 rings (SSSR count). The number of rotatable bonds is 8. The lowest BCUT2D eigenvalue weighted by molar-refractivity contribution is -0.159. The summed E-state index contributed by atoms with van der Waals surface area (Å²) in [6, 6.07) is 9.24. The van der Waals surface area contributed by atoms with E-state index in [0.717, 1.165) is 16.7 Å². The molecule has 7 nitrogen and oxygen atoms in total. The van der Waals surface area contributed by atoms with Gasteiger partial charge in [-0.1, -0.05) is 12.1 Å². The molecule has 166 valence electrons. The van der Waals surface area contributed by atoms with E-state index in [1.54, 1.807) is 33.1 Å². The Morgan fingerprint density at radius 3 is 2.39 bits per heavy atom. The number of nitrogens with one attached hydrogen (secondary N) is 1. The van der Waals surface area contributed by atoms with Gasteiger partial charge in [-0.3, -0.25) is 9.59 Å². The number of hydrogen-bond acceptors (Lipinski definition) is 6. The molecule has 0 atom stereocenters. The summed E-state index contributed by atoms with van der Waals surface area (Å²) in [5.74, 6) is 0.923. The van der Waals surface area contributed by atoms with Gasteiger partial charge in [0, 0.05) is 17.7 Å². The first kappa shape index (κ1) is 22.5. The van der Waals surface area contributed by atoms with Crippen LogP contribution in [0.1, 0.15) is 43.6 Å². The van der Waals surface area contributed by atoms with Gasteiger partial charge in [0.25, 0.3) is 5.91 Å². The summed E-state index contributed by atoms with van der Waals surface area (Å²) in [7, 11) is 3.08. The number of ether oxygens (including phenoxy) is 4. The van der Waals surface area contributed by atoms with E-state index >= 15 is 0 Å². The summed E-state index contributed by atoms with van der Waals surface area (Å²) in [5.41, 5.74) is 2.25. The molecule has 2 aromatic rings. The SMILES string of the molecule is COc1ccc(-c2cccc3c2CNC3=O)c(OCC(C)(C)C(=O)OC(C)C)c1OC. The Balaban J connectivity index is 2.05. The minimum Gasteiger partial charge on any atom is -0.493 e. The van der Waals surface area contributed by atoms with Gasteiger partial charge in [-0.25, -0.2) is 0 Å². The van der Waals surface area contributed by atoms with E-state index in [0.29, 0.717) is 29.4 Å². The first-order valence-corrected chi connectivity index (χ1v) is 10.2. The average Bonchev–Trinajstić information content (AvgIpc) is 3.12. The van der Waals surface area contributed by atoms with Crippen LogP contribution in [0.2, 0.25) is 0 Å². The zero-order chi connectivity index (χ0) is 22.8. The molecule has 2 aromatic carbocycles. The predicted molar refractivity (Wildman–Crippen MR) is 117 cm³/mol. The van der Waals surface area contributed by atoms with Crippen molar-refractivity contribution in [1.82, 2.24) is 5.32 Å². The summed E-state index contributed by atoms with van der Waals surface area (Å²) < 4.78 is 22.6.